The quantitative estimate of drug-likeness (QED) is 0.412. The third kappa shape index (κ3) is 3.77. The first-order chi connectivity index (χ1) is 15.3. The van der Waals surface area contributed by atoms with Crippen molar-refractivity contribution in [3.8, 4) is 11.1 Å². The summed E-state index contributed by atoms with van der Waals surface area (Å²) in [5, 5.41) is 3.24. The summed E-state index contributed by atoms with van der Waals surface area (Å²) in [6.07, 6.45) is 0.857. The maximum absolute atomic E-state index is 13.3. The fraction of sp³-hybridized carbons (Fsp3) is 0.138. The van der Waals surface area contributed by atoms with Gasteiger partial charge in [-0.3, -0.25) is 4.79 Å². The van der Waals surface area contributed by atoms with Gasteiger partial charge in [-0.1, -0.05) is 109 Å². The van der Waals surface area contributed by atoms with E-state index < -0.39 is 0 Å². The van der Waals surface area contributed by atoms with Crippen molar-refractivity contribution in [3.05, 3.63) is 131 Å². The molecule has 1 amide bonds. The molecule has 0 radical (unpaired) electrons. The highest BCUT2D eigenvalue weighted by molar-refractivity contribution is 5.96. The molecular formula is C29H25NO. The summed E-state index contributed by atoms with van der Waals surface area (Å²) >= 11 is 0. The van der Waals surface area contributed by atoms with E-state index in [2.05, 4.69) is 78.1 Å². The van der Waals surface area contributed by atoms with Crippen LogP contribution in [-0.4, -0.2) is 12.5 Å². The molecule has 0 aromatic heterocycles. The molecule has 0 saturated carbocycles. The molecule has 152 valence electrons. The SMILES string of the molecule is O=C(NCCC(c1ccccc1)c1ccccc1)C1c2ccccc2-c2ccccc21. The minimum Gasteiger partial charge on any atom is -0.355 e. The number of carbonyl (C=O) groups is 1. The van der Waals surface area contributed by atoms with E-state index in [1.807, 2.05) is 36.4 Å². The van der Waals surface area contributed by atoms with E-state index >= 15 is 0 Å². The number of amides is 1. The topological polar surface area (TPSA) is 29.1 Å². The smallest absolute Gasteiger partial charge is 0.232 e. The van der Waals surface area contributed by atoms with Gasteiger partial charge in [-0.25, -0.2) is 0 Å². The minimum atomic E-state index is -0.237. The molecule has 0 heterocycles. The second kappa shape index (κ2) is 8.61. The molecule has 1 N–H and O–H groups in total. The van der Waals surface area contributed by atoms with Gasteiger partial charge in [-0.05, 0) is 39.8 Å². The van der Waals surface area contributed by atoms with E-state index in [4.69, 9.17) is 0 Å². The zero-order valence-electron chi connectivity index (χ0n) is 17.4. The molecule has 2 nitrogen and oxygen atoms in total. The summed E-state index contributed by atoms with van der Waals surface area (Å²) in [4.78, 5) is 13.3. The Morgan fingerprint density at radius 3 is 1.61 bits per heavy atom. The Balaban J connectivity index is 1.35. The predicted molar refractivity (Wildman–Crippen MR) is 126 cm³/mol. The van der Waals surface area contributed by atoms with Crippen molar-refractivity contribution < 1.29 is 4.79 Å². The highest BCUT2D eigenvalue weighted by atomic mass is 16.1. The van der Waals surface area contributed by atoms with Crippen LogP contribution in [0.15, 0.2) is 109 Å². The van der Waals surface area contributed by atoms with Crippen molar-refractivity contribution >= 4 is 5.91 Å². The Bertz CT molecular complexity index is 1100. The van der Waals surface area contributed by atoms with Crippen molar-refractivity contribution in [2.75, 3.05) is 6.54 Å². The summed E-state index contributed by atoms with van der Waals surface area (Å²) in [7, 11) is 0. The molecular weight excluding hydrogens is 378 g/mol. The van der Waals surface area contributed by atoms with Crippen LogP contribution in [-0.2, 0) is 4.79 Å². The van der Waals surface area contributed by atoms with E-state index in [0.29, 0.717) is 6.54 Å². The van der Waals surface area contributed by atoms with Gasteiger partial charge in [0, 0.05) is 12.5 Å². The zero-order chi connectivity index (χ0) is 21.0. The third-order valence-corrected chi connectivity index (χ3v) is 6.23. The number of rotatable bonds is 6. The molecule has 4 aromatic rings. The van der Waals surface area contributed by atoms with E-state index in [1.54, 1.807) is 0 Å². The van der Waals surface area contributed by atoms with Crippen LogP contribution in [0.2, 0.25) is 0 Å². The lowest BCUT2D eigenvalue weighted by Gasteiger charge is -2.20. The summed E-state index contributed by atoms with van der Waals surface area (Å²) in [6.45, 7) is 0.633. The number of hydrogen-bond acceptors (Lipinski definition) is 1. The first-order valence-electron chi connectivity index (χ1n) is 10.9. The average Bonchev–Trinajstić information content (AvgIpc) is 3.17. The molecule has 0 aliphatic heterocycles. The molecule has 5 rings (SSSR count). The van der Waals surface area contributed by atoms with Gasteiger partial charge in [-0.2, -0.15) is 0 Å². The fourth-order valence-corrected chi connectivity index (χ4v) is 4.78. The molecule has 0 atom stereocenters. The molecule has 2 heteroatoms. The maximum atomic E-state index is 13.3. The standard InChI is InChI=1S/C29H25NO/c31-29(28-26-17-9-7-15-24(26)25-16-8-10-18-27(25)28)30-20-19-23(21-11-3-1-4-12-21)22-13-5-2-6-14-22/h1-18,23,28H,19-20H2,(H,30,31). The average molecular weight is 404 g/mol. The van der Waals surface area contributed by atoms with Crippen molar-refractivity contribution in [1.82, 2.24) is 5.32 Å². The van der Waals surface area contributed by atoms with Gasteiger partial charge in [0.05, 0.1) is 5.92 Å². The van der Waals surface area contributed by atoms with Crippen LogP contribution < -0.4 is 5.32 Å². The number of hydrogen-bond donors (Lipinski definition) is 1. The van der Waals surface area contributed by atoms with Gasteiger partial charge in [0.15, 0.2) is 0 Å². The largest absolute Gasteiger partial charge is 0.355 e. The van der Waals surface area contributed by atoms with Gasteiger partial charge >= 0.3 is 0 Å². The first-order valence-corrected chi connectivity index (χ1v) is 10.9. The van der Waals surface area contributed by atoms with E-state index in [1.165, 1.54) is 22.3 Å². The lowest BCUT2D eigenvalue weighted by molar-refractivity contribution is -0.121. The van der Waals surface area contributed by atoms with Crippen LogP contribution in [0.25, 0.3) is 11.1 Å². The van der Waals surface area contributed by atoms with E-state index in [-0.39, 0.29) is 17.7 Å². The van der Waals surface area contributed by atoms with Crippen LogP contribution >= 0.6 is 0 Å². The van der Waals surface area contributed by atoms with Crippen molar-refractivity contribution in [3.63, 3.8) is 0 Å². The second-order valence-corrected chi connectivity index (χ2v) is 8.06. The third-order valence-electron chi connectivity index (χ3n) is 6.23. The molecule has 0 spiro atoms. The minimum absolute atomic E-state index is 0.0808. The van der Waals surface area contributed by atoms with Crippen molar-refractivity contribution in [1.29, 1.82) is 0 Å². The molecule has 0 saturated heterocycles. The Morgan fingerprint density at radius 1 is 0.645 bits per heavy atom. The molecule has 0 unspecified atom stereocenters. The summed E-state index contributed by atoms with van der Waals surface area (Å²) in [5.41, 5.74) is 7.10. The maximum Gasteiger partial charge on any atom is 0.232 e. The number of nitrogens with one attached hydrogen (secondary N) is 1. The number of benzene rings is 4. The van der Waals surface area contributed by atoms with E-state index in [0.717, 1.165) is 17.5 Å². The molecule has 31 heavy (non-hydrogen) atoms. The van der Waals surface area contributed by atoms with Crippen LogP contribution in [0.5, 0.6) is 0 Å². The lowest BCUT2D eigenvalue weighted by atomic mass is 9.88. The number of fused-ring (bicyclic) bond motifs is 3. The lowest BCUT2D eigenvalue weighted by Crippen LogP contribution is -2.30. The zero-order valence-corrected chi connectivity index (χ0v) is 17.4. The van der Waals surface area contributed by atoms with Gasteiger partial charge in [0.25, 0.3) is 0 Å². The van der Waals surface area contributed by atoms with Crippen molar-refractivity contribution in [2.24, 2.45) is 0 Å². The highest BCUT2D eigenvalue weighted by Gasteiger charge is 2.33. The normalized spacial score (nSPS) is 12.4. The summed E-state index contributed by atoms with van der Waals surface area (Å²) in [6, 6.07) is 37.6. The van der Waals surface area contributed by atoms with Crippen LogP contribution in [0.1, 0.15) is 40.5 Å². The second-order valence-electron chi connectivity index (χ2n) is 8.06. The highest BCUT2D eigenvalue weighted by Crippen LogP contribution is 2.44. The molecule has 0 fully saturated rings. The van der Waals surface area contributed by atoms with Crippen LogP contribution in [0, 0.1) is 0 Å². The number of carbonyl (C=O) groups excluding carboxylic acids is 1. The van der Waals surface area contributed by atoms with Crippen LogP contribution in [0.4, 0.5) is 0 Å². The van der Waals surface area contributed by atoms with Gasteiger partial charge < -0.3 is 5.32 Å². The molecule has 4 aromatic carbocycles. The van der Waals surface area contributed by atoms with Crippen molar-refractivity contribution in [2.45, 2.75) is 18.3 Å². The Hall–Kier alpha value is -3.65. The fourth-order valence-electron chi connectivity index (χ4n) is 4.78. The predicted octanol–water partition coefficient (Wildman–Crippen LogP) is 6.14. The Labute approximate surface area is 183 Å². The summed E-state index contributed by atoms with van der Waals surface area (Å²) in [5.74, 6) is 0.0995. The Morgan fingerprint density at radius 2 is 1.10 bits per heavy atom. The first kappa shape index (κ1) is 19.3. The van der Waals surface area contributed by atoms with Gasteiger partial charge in [-0.15, -0.1) is 0 Å². The van der Waals surface area contributed by atoms with E-state index in [9.17, 15) is 4.79 Å². The molecule has 0 bridgehead atoms. The van der Waals surface area contributed by atoms with Crippen LogP contribution in [0.3, 0.4) is 0 Å². The molecule has 1 aliphatic rings. The van der Waals surface area contributed by atoms with Gasteiger partial charge in [0.1, 0.15) is 0 Å². The monoisotopic (exact) mass is 403 g/mol. The van der Waals surface area contributed by atoms with Gasteiger partial charge in [0.2, 0.25) is 5.91 Å². The summed E-state index contributed by atoms with van der Waals surface area (Å²) < 4.78 is 0. The molecule has 1 aliphatic carbocycles. The Kier molecular flexibility index (Phi) is 5.37.